The van der Waals surface area contributed by atoms with Gasteiger partial charge < -0.3 is 4.74 Å². The van der Waals surface area contributed by atoms with Gasteiger partial charge in [0, 0.05) is 17.4 Å². The standard InChI is InChI=1S/C31H34F4O/c1-2-3-19-4-9-21(10-5-19)24-15-14-23(28(32)29(24)33)13-8-20-6-11-22(12-7-20)25-16-17-26(27-18-36-27)31(35)30(25)34/h6-7,9,11,14-16,19,22,26-27H,2-5,8,10,12-13,17-18H2,1H3. The summed E-state index contributed by atoms with van der Waals surface area (Å²) in [6.45, 7) is 2.67. The number of hydrogen-bond acceptors (Lipinski definition) is 1. The van der Waals surface area contributed by atoms with Crippen LogP contribution in [-0.4, -0.2) is 12.7 Å². The molecule has 0 bridgehead atoms. The molecule has 1 aromatic rings. The zero-order valence-electron chi connectivity index (χ0n) is 20.8. The number of epoxide rings is 1. The van der Waals surface area contributed by atoms with Gasteiger partial charge in [0.15, 0.2) is 17.5 Å². The summed E-state index contributed by atoms with van der Waals surface area (Å²) in [5, 5.41) is 0. The Bertz CT molecular complexity index is 1150. The first-order chi connectivity index (χ1) is 17.5. The Labute approximate surface area is 211 Å². The average Bonchev–Trinajstić information content (AvgIpc) is 3.73. The Hall–Kier alpha value is -2.40. The highest BCUT2D eigenvalue weighted by Crippen LogP contribution is 2.42. The van der Waals surface area contributed by atoms with Crippen LogP contribution in [0.2, 0.25) is 0 Å². The maximum absolute atomic E-state index is 14.9. The molecule has 1 nitrogen and oxygen atoms in total. The van der Waals surface area contributed by atoms with Crippen molar-refractivity contribution in [2.75, 3.05) is 6.61 Å². The topological polar surface area (TPSA) is 12.5 Å². The lowest BCUT2D eigenvalue weighted by Crippen LogP contribution is -2.17. The van der Waals surface area contributed by atoms with Crippen molar-refractivity contribution >= 4 is 5.57 Å². The molecule has 1 heterocycles. The van der Waals surface area contributed by atoms with Crippen LogP contribution in [0.25, 0.3) is 5.57 Å². The van der Waals surface area contributed by atoms with Crippen LogP contribution in [0.15, 0.2) is 65.3 Å². The van der Waals surface area contributed by atoms with Crippen molar-refractivity contribution in [2.45, 2.75) is 70.8 Å². The highest BCUT2D eigenvalue weighted by Gasteiger charge is 2.40. The molecule has 0 spiro atoms. The van der Waals surface area contributed by atoms with E-state index in [-0.39, 0.29) is 12.0 Å². The molecule has 1 aromatic carbocycles. The lowest BCUT2D eigenvalue weighted by molar-refractivity contribution is 0.309. The molecule has 1 aliphatic heterocycles. The van der Waals surface area contributed by atoms with Crippen molar-refractivity contribution in [3.05, 3.63) is 88.1 Å². The molecular formula is C31H34F4O. The predicted octanol–water partition coefficient (Wildman–Crippen LogP) is 8.88. The fourth-order valence-corrected chi connectivity index (χ4v) is 5.86. The van der Waals surface area contributed by atoms with Gasteiger partial charge in [-0.1, -0.05) is 67.9 Å². The third kappa shape index (κ3) is 5.32. The molecule has 0 saturated carbocycles. The summed E-state index contributed by atoms with van der Waals surface area (Å²) in [5.74, 6) is -3.01. The van der Waals surface area contributed by atoms with Crippen LogP contribution >= 0.6 is 0 Å². The molecule has 5 rings (SSSR count). The van der Waals surface area contributed by atoms with Crippen LogP contribution in [-0.2, 0) is 11.2 Å². The minimum atomic E-state index is -0.758. The van der Waals surface area contributed by atoms with Crippen molar-refractivity contribution in [3.8, 4) is 0 Å². The fraction of sp³-hybridized carbons (Fsp3) is 0.484. The number of aryl methyl sites for hydroxylation is 1. The number of allylic oxidation sites excluding steroid dienone is 9. The zero-order chi connectivity index (χ0) is 25.2. The number of benzene rings is 1. The van der Waals surface area contributed by atoms with E-state index in [9.17, 15) is 17.6 Å². The Morgan fingerprint density at radius 1 is 0.944 bits per heavy atom. The Balaban J connectivity index is 1.18. The fourth-order valence-electron chi connectivity index (χ4n) is 5.86. The van der Waals surface area contributed by atoms with E-state index < -0.39 is 29.2 Å². The summed E-state index contributed by atoms with van der Waals surface area (Å²) in [6.07, 6.45) is 16.5. The van der Waals surface area contributed by atoms with E-state index in [1.807, 2.05) is 18.2 Å². The monoisotopic (exact) mass is 498 g/mol. The second kappa shape index (κ2) is 10.9. The van der Waals surface area contributed by atoms with Crippen LogP contribution < -0.4 is 0 Å². The van der Waals surface area contributed by atoms with E-state index >= 15 is 0 Å². The molecule has 0 aromatic heterocycles. The van der Waals surface area contributed by atoms with Crippen molar-refractivity contribution in [1.82, 2.24) is 0 Å². The van der Waals surface area contributed by atoms with Crippen LogP contribution in [0.5, 0.6) is 0 Å². The lowest BCUT2D eigenvalue weighted by atomic mass is 9.82. The predicted molar refractivity (Wildman–Crippen MR) is 135 cm³/mol. The first-order valence-corrected chi connectivity index (χ1v) is 13.4. The summed E-state index contributed by atoms with van der Waals surface area (Å²) in [4.78, 5) is 0. The first kappa shape index (κ1) is 25.3. The van der Waals surface area contributed by atoms with Crippen LogP contribution in [0.1, 0.15) is 69.4 Å². The Kier molecular flexibility index (Phi) is 7.66. The molecule has 5 heteroatoms. The van der Waals surface area contributed by atoms with E-state index in [4.69, 9.17) is 4.74 Å². The zero-order valence-corrected chi connectivity index (χ0v) is 20.8. The number of hydrogen-bond donors (Lipinski definition) is 0. The summed E-state index contributed by atoms with van der Waals surface area (Å²) in [7, 11) is 0. The SMILES string of the molecule is CCCC1CC=C(c2ccc(CCC3=CCC(C4=CCC(C5CO5)C(F)=C4F)C=C3)c(F)c2F)CC1. The first-order valence-electron chi connectivity index (χ1n) is 13.4. The van der Waals surface area contributed by atoms with Crippen LogP contribution in [0, 0.1) is 29.4 Å². The lowest BCUT2D eigenvalue weighted by Gasteiger charge is -2.24. The smallest absolute Gasteiger partial charge is 0.166 e. The summed E-state index contributed by atoms with van der Waals surface area (Å²) < 4.78 is 64.1. The maximum atomic E-state index is 14.9. The van der Waals surface area contributed by atoms with Crippen molar-refractivity contribution in [2.24, 2.45) is 17.8 Å². The normalized spacial score (nSPS) is 28.1. The molecule has 0 radical (unpaired) electrons. The number of rotatable bonds is 8. The minimum absolute atomic E-state index is 0.196. The molecule has 4 unspecified atom stereocenters. The van der Waals surface area contributed by atoms with Gasteiger partial charge in [0.05, 0.1) is 12.7 Å². The average molecular weight is 499 g/mol. The van der Waals surface area contributed by atoms with Crippen molar-refractivity contribution in [3.63, 3.8) is 0 Å². The summed E-state index contributed by atoms with van der Waals surface area (Å²) >= 11 is 0. The maximum Gasteiger partial charge on any atom is 0.166 e. The highest BCUT2D eigenvalue weighted by molar-refractivity contribution is 5.67. The second-order valence-electron chi connectivity index (χ2n) is 10.6. The minimum Gasteiger partial charge on any atom is -0.372 e. The summed E-state index contributed by atoms with van der Waals surface area (Å²) in [6, 6.07) is 3.43. The van der Waals surface area contributed by atoms with Gasteiger partial charge in [-0.25, -0.2) is 17.6 Å². The largest absolute Gasteiger partial charge is 0.372 e. The van der Waals surface area contributed by atoms with Crippen LogP contribution in [0.3, 0.4) is 0 Å². The molecule has 192 valence electrons. The molecule has 1 fully saturated rings. The Morgan fingerprint density at radius 3 is 2.44 bits per heavy atom. The van der Waals surface area contributed by atoms with Gasteiger partial charge in [-0.15, -0.1) is 0 Å². The van der Waals surface area contributed by atoms with E-state index in [1.54, 1.807) is 18.2 Å². The molecular weight excluding hydrogens is 464 g/mol. The Morgan fingerprint density at radius 2 is 1.78 bits per heavy atom. The molecule has 0 N–H and O–H groups in total. The molecule has 1 saturated heterocycles. The molecule has 36 heavy (non-hydrogen) atoms. The van der Waals surface area contributed by atoms with Gasteiger partial charge in [0.25, 0.3) is 0 Å². The van der Waals surface area contributed by atoms with Gasteiger partial charge in [-0.2, -0.15) is 0 Å². The van der Waals surface area contributed by atoms with Gasteiger partial charge in [-0.3, -0.25) is 0 Å². The van der Waals surface area contributed by atoms with E-state index in [0.717, 1.165) is 36.8 Å². The molecule has 4 atom stereocenters. The molecule has 4 aliphatic rings. The van der Waals surface area contributed by atoms with Crippen molar-refractivity contribution in [1.29, 1.82) is 0 Å². The third-order valence-corrected chi connectivity index (χ3v) is 8.17. The van der Waals surface area contributed by atoms with Gasteiger partial charge >= 0.3 is 0 Å². The number of halogens is 4. The molecule has 3 aliphatic carbocycles. The van der Waals surface area contributed by atoms with E-state index in [1.165, 1.54) is 6.42 Å². The van der Waals surface area contributed by atoms with E-state index in [0.29, 0.717) is 54.9 Å². The van der Waals surface area contributed by atoms with Gasteiger partial charge in [-0.05, 0) is 67.6 Å². The highest BCUT2D eigenvalue weighted by atomic mass is 19.2. The van der Waals surface area contributed by atoms with Crippen LogP contribution in [0.4, 0.5) is 17.6 Å². The van der Waals surface area contributed by atoms with E-state index in [2.05, 4.69) is 13.0 Å². The molecule has 0 amide bonds. The quantitative estimate of drug-likeness (QED) is 0.258. The van der Waals surface area contributed by atoms with Crippen molar-refractivity contribution < 1.29 is 22.3 Å². The summed E-state index contributed by atoms with van der Waals surface area (Å²) in [5.41, 5.74) is 3.08. The number of ether oxygens (including phenoxy) is 1. The second-order valence-corrected chi connectivity index (χ2v) is 10.6. The van der Waals surface area contributed by atoms with Gasteiger partial charge in [0.1, 0.15) is 5.83 Å². The third-order valence-electron chi connectivity index (χ3n) is 8.17. The van der Waals surface area contributed by atoms with Gasteiger partial charge in [0.2, 0.25) is 0 Å².